The summed E-state index contributed by atoms with van der Waals surface area (Å²) in [4.78, 5) is 0. The third kappa shape index (κ3) is 3.45. The van der Waals surface area contributed by atoms with Crippen molar-refractivity contribution in [3.8, 4) is 0 Å². The van der Waals surface area contributed by atoms with Gasteiger partial charge in [-0.05, 0) is 64.8 Å². The second-order valence-corrected chi connectivity index (χ2v) is 6.07. The van der Waals surface area contributed by atoms with Crippen LogP contribution in [0.25, 0.3) is 0 Å². The monoisotopic (exact) mass is 403 g/mol. The summed E-state index contributed by atoms with van der Waals surface area (Å²) in [5, 5.41) is 3.14. The summed E-state index contributed by atoms with van der Waals surface area (Å²) in [6.45, 7) is 0. The number of rotatable bonds is 4. The van der Waals surface area contributed by atoms with Gasteiger partial charge in [0.2, 0.25) is 0 Å². The fourth-order valence-corrected chi connectivity index (χ4v) is 3.03. The topological polar surface area (TPSA) is 12.0 Å². The quantitative estimate of drug-likeness (QED) is 0.756. The fourth-order valence-electron chi connectivity index (χ4n) is 2.08. The van der Waals surface area contributed by atoms with E-state index in [0.717, 1.165) is 15.6 Å². The summed E-state index contributed by atoms with van der Waals surface area (Å²) in [5.41, 5.74) is 1.64. The molecule has 2 rings (SSSR count). The van der Waals surface area contributed by atoms with Crippen molar-refractivity contribution in [3.05, 3.63) is 68.1 Å². The predicted octanol–water partition coefficient (Wildman–Crippen LogP) is 4.99. The molecular formula is C15H13Br2F2N. The van der Waals surface area contributed by atoms with Crippen LogP contribution in [0.4, 0.5) is 8.78 Å². The highest BCUT2D eigenvalue weighted by molar-refractivity contribution is 9.10. The SMILES string of the molecule is CNC(Cc1cc(F)ccc1Br)c1cccc(F)c1Br. The average molecular weight is 405 g/mol. The van der Waals surface area contributed by atoms with Crippen molar-refractivity contribution < 1.29 is 8.78 Å². The van der Waals surface area contributed by atoms with Gasteiger partial charge in [-0.2, -0.15) is 0 Å². The first-order valence-electron chi connectivity index (χ1n) is 6.08. The van der Waals surface area contributed by atoms with Crippen LogP contribution in [0.1, 0.15) is 17.2 Å². The third-order valence-electron chi connectivity index (χ3n) is 3.14. The normalized spacial score (nSPS) is 12.4. The van der Waals surface area contributed by atoms with Crippen molar-refractivity contribution >= 4 is 31.9 Å². The zero-order chi connectivity index (χ0) is 14.7. The minimum Gasteiger partial charge on any atom is -0.313 e. The molecule has 0 aliphatic carbocycles. The van der Waals surface area contributed by atoms with Crippen molar-refractivity contribution in [2.75, 3.05) is 7.05 Å². The Balaban J connectivity index is 2.34. The molecule has 1 N–H and O–H groups in total. The summed E-state index contributed by atoms with van der Waals surface area (Å²) in [5.74, 6) is -0.586. The maximum absolute atomic E-state index is 13.6. The second-order valence-electron chi connectivity index (χ2n) is 4.42. The Hall–Kier alpha value is -0.780. The van der Waals surface area contributed by atoms with Crippen LogP contribution in [0, 0.1) is 11.6 Å². The summed E-state index contributed by atoms with van der Waals surface area (Å²) >= 11 is 6.68. The molecule has 0 aromatic heterocycles. The molecule has 0 heterocycles. The molecule has 1 atom stereocenters. The molecule has 0 fully saturated rings. The van der Waals surface area contributed by atoms with Gasteiger partial charge in [0.05, 0.1) is 4.47 Å². The van der Waals surface area contributed by atoms with Gasteiger partial charge in [0, 0.05) is 10.5 Å². The lowest BCUT2D eigenvalue weighted by Gasteiger charge is -2.19. The molecule has 1 nitrogen and oxygen atoms in total. The van der Waals surface area contributed by atoms with Gasteiger partial charge in [-0.15, -0.1) is 0 Å². The van der Waals surface area contributed by atoms with Crippen LogP contribution < -0.4 is 5.32 Å². The van der Waals surface area contributed by atoms with Gasteiger partial charge < -0.3 is 5.32 Å². The molecule has 0 saturated heterocycles. The van der Waals surface area contributed by atoms with Gasteiger partial charge in [0.15, 0.2) is 0 Å². The first-order valence-corrected chi connectivity index (χ1v) is 7.66. The van der Waals surface area contributed by atoms with Crippen LogP contribution in [-0.4, -0.2) is 7.05 Å². The molecule has 0 radical (unpaired) electrons. The van der Waals surface area contributed by atoms with Crippen molar-refractivity contribution in [2.45, 2.75) is 12.5 Å². The number of nitrogens with one attached hydrogen (secondary N) is 1. The van der Waals surface area contributed by atoms with Crippen LogP contribution in [0.5, 0.6) is 0 Å². The zero-order valence-corrected chi connectivity index (χ0v) is 13.9. The number of likely N-dealkylation sites (N-methyl/N-ethyl adjacent to an activating group) is 1. The maximum Gasteiger partial charge on any atom is 0.137 e. The first-order chi connectivity index (χ1) is 9.52. The van der Waals surface area contributed by atoms with E-state index in [-0.39, 0.29) is 17.7 Å². The molecule has 0 bridgehead atoms. The molecular weight excluding hydrogens is 392 g/mol. The van der Waals surface area contributed by atoms with Gasteiger partial charge in [0.1, 0.15) is 11.6 Å². The summed E-state index contributed by atoms with van der Waals surface area (Å²) < 4.78 is 28.2. The van der Waals surface area contributed by atoms with Gasteiger partial charge >= 0.3 is 0 Å². The molecule has 0 amide bonds. The highest BCUT2D eigenvalue weighted by Gasteiger charge is 2.17. The Morgan fingerprint density at radius 1 is 1.15 bits per heavy atom. The van der Waals surface area contributed by atoms with Crippen LogP contribution in [-0.2, 0) is 6.42 Å². The van der Waals surface area contributed by atoms with Crippen molar-refractivity contribution in [1.29, 1.82) is 0 Å². The smallest absolute Gasteiger partial charge is 0.137 e. The molecule has 1 unspecified atom stereocenters. The third-order valence-corrected chi connectivity index (χ3v) is 4.75. The summed E-state index contributed by atoms with van der Waals surface area (Å²) in [7, 11) is 1.80. The number of halogens is 4. The van der Waals surface area contributed by atoms with E-state index >= 15 is 0 Å². The maximum atomic E-state index is 13.6. The Kier molecular flexibility index (Phi) is 5.29. The Morgan fingerprint density at radius 2 is 1.90 bits per heavy atom. The van der Waals surface area contributed by atoms with E-state index in [1.54, 1.807) is 19.2 Å². The molecule has 2 aromatic rings. The van der Waals surface area contributed by atoms with Crippen LogP contribution >= 0.6 is 31.9 Å². The molecule has 106 valence electrons. The van der Waals surface area contributed by atoms with Crippen molar-refractivity contribution in [3.63, 3.8) is 0 Å². The molecule has 0 aliphatic rings. The number of benzene rings is 2. The minimum atomic E-state index is -0.305. The molecule has 2 aromatic carbocycles. The van der Waals surface area contributed by atoms with Crippen LogP contribution in [0.2, 0.25) is 0 Å². The summed E-state index contributed by atoms with van der Waals surface area (Å²) in [6.07, 6.45) is 0.552. The second kappa shape index (κ2) is 6.78. The average Bonchev–Trinajstić information content (AvgIpc) is 2.43. The highest BCUT2D eigenvalue weighted by atomic mass is 79.9. The van der Waals surface area contributed by atoms with E-state index in [4.69, 9.17) is 0 Å². The lowest BCUT2D eigenvalue weighted by atomic mass is 9.99. The Bertz CT molecular complexity index is 617. The van der Waals surface area contributed by atoms with E-state index in [2.05, 4.69) is 37.2 Å². The molecule has 0 aliphatic heterocycles. The minimum absolute atomic E-state index is 0.113. The molecule has 0 saturated carbocycles. The van der Waals surface area contributed by atoms with E-state index in [9.17, 15) is 8.78 Å². The zero-order valence-electron chi connectivity index (χ0n) is 10.8. The molecule has 5 heteroatoms. The number of hydrogen-bond acceptors (Lipinski definition) is 1. The van der Waals surface area contributed by atoms with Gasteiger partial charge in [-0.3, -0.25) is 0 Å². The van der Waals surface area contributed by atoms with Gasteiger partial charge in [-0.1, -0.05) is 28.1 Å². The van der Waals surface area contributed by atoms with E-state index in [1.807, 2.05) is 6.07 Å². The lowest BCUT2D eigenvalue weighted by Crippen LogP contribution is -2.20. The fraction of sp³-hybridized carbons (Fsp3) is 0.200. The first kappa shape index (κ1) is 15.6. The number of hydrogen-bond donors (Lipinski definition) is 1. The Morgan fingerprint density at radius 3 is 2.60 bits per heavy atom. The van der Waals surface area contributed by atoms with Crippen molar-refractivity contribution in [2.24, 2.45) is 0 Å². The van der Waals surface area contributed by atoms with Gasteiger partial charge in [0.25, 0.3) is 0 Å². The van der Waals surface area contributed by atoms with E-state index in [1.165, 1.54) is 18.2 Å². The standard InChI is InChI=1S/C15H13Br2F2N/c1-20-14(11-3-2-4-13(19)15(11)17)8-9-7-10(18)5-6-12(9)16/h2-7,14,20H,8H2,1H3. The molecule has 0 spiro atoms. The predicted molar refractivity (Wildman–Crippen MR) is 83.7 cm³/mol. The highest BCUT2D eigenvalue weighted by Crippen LogP contribution is 2.30. The van der Waals surface area contributed by atoms with Gasteiger partial charge in [-0.25, -0.2) is 8.78 Å². The van der Waals surface area contributed by atoms with Crippen molar-refractivity contribution in [1.82, 2.24) is 5.32 Å². The Labute approximate surface area is 133 Å². The lowest BCUT2D eigenvalue weighted by molar-refractivity contribution is 0.566. The van der Waals surface area contributed by atoms with E-state index in [0.29, 0.717) is 10.9 Å². The summed E-state index contributed by atoms with van der Waals surface area (Å²) in [6, 6.07) is 9.37. The molecule has 20 heavy (non-hydrogen) atoms. The van der Waals surface area contributed by atoms with E-state index < -0.39 is 0 Å². The van der Waals surface area contributed by atoms with Crippen LogP contribution in [0.3, 0.4) is 0 Å². The largest absolute Gasteiger partial charge is 0.313 e. The van der Waals surface area contributed by atoms with Crippen LogP contribution in [0.15, 0.2) is 45.3 Å².